The lowest BCUT2D eigenvalue weighted by Crippen LogP contribution is -2.27. The Labute approximate surface area is 81.5 Å². The molecule has 3 atom stereocenters. The third kappa shape index (κ3) is 1.50. The monoisotopic (exact) mass is 201 g/mol. The van der Waals surface area contributed by atoms with Crippen LogP contribution in [0.3, 0.4) is 0 Å². The number of nitrogens with zero attached hydrogens (tertiary/aromatic N) is 1. The molecule has 2 saturated carbocycles. The van der Waals surface area contributed by atoms with Gasteiger partial charge in [-0.15, -0.1) is 11.6 Å². The largest absolute Gasteiger partial charge is 0.350 e. The zero-order valence-electron chi connectivity index (χ0n) is 7.16. The molecule has 0 aliphatic heterocycles. The van der Waals surface area contributed by atoms with Gasteiger partial charge in [0.1, 0.15) is 0 Å². The lowest BCUT2D eigenvalue weighted by Gasteiger charge is -2.10. The number of urea groups is 1. The number of amides is 2. The standard InChI is InChI=1S/C8H12ClN3O/c9-7-4-1-2-5(7)6(3-4)11-12-8(10)13/h4-5,7H,1-3H2,(H3,10,12,13). The molecule has 2 aliphatic carbocycles. The summed E-state index contributed by atoms with van der Waals surface area (Å²) in [6, 6.07) is -0.610. The van der Waals surface area contributed by atoms with Crippen LogP contribution in [0.15, 0.2) is 5.10 Å². The molecule has 13 heavy (non-hydrogen) atoms. The number of hydrazone groups is 1. The second-order valence-electron chi connectivity index (χ2n) is 3.67. The lowest BCUT2D eigenvalue weighted by molar-refractivity contribution is 0.249. The summed E-state index contributed by atoms with van der Waals surface area (Å²) in [7, 11) is 0. The van der Waals surface area contributed by atoms with Crippen molar-refractivity contribution in [3.05, 3.63) is 0 Å². The highest BCUT2D eigenvalue weighted by Gasteiger charge is 2.45. The van der Waals surface area contributed by atoms with Crippen LogP contribution in [0.5, 0.6) is 0 Å². The van der Waals surface area contributed by atoms with Gasteiger partial charge in [-0.25, -0.2) is 10.2 Å². The van der Waals surface area contributed by atoms with Crippen LogP contribution in [0.25, 0.3) is 0 Å². The Hall–Kier alpha value is -0.770. The van der Waals surface area contributed by atoms with Crippen LogP contribution < -0.4 is 11.2 Å². The molecule has 2 amide bonds. The molecule has 0 spiro atoms. The number of hydrogen-bond acceptors (Lipinski definition) is 2. The Balaban J connectivity index is 2.04. The molecule has 2 fully saturated rings. The Morgan fingerprint density at radius 2 is 2.38 bits per heavy atom. The van der Waals surface area contributed by atoms with Crippen molar-refractivity contribution in [2.75, 3.05) is 0 Å². The number of carbonyl (C=O) groups is 1. The Morgan fingerprint density at radius 1 is 1.62 bits per heavy atom. The third-order valence-electron chi connectivity index (χ3n) is 2.89. The van der Waals surface area contributed by atoms with Crippen molar-refractivity contribution >= 4 is 23.3 Å². The SMILES string of the molecule is NC(=O)NN=C1CC2CCC1C2Cl. The topological polar surface area (TPSA) is 67.5 Å². The predicted octanol–water partition coefficient (Wildman–Crippen LogP) is 1.05. The van der Waals surface area contributed by atoms with Crippen molar-refractivity contribution in [2.24, 2.45) is 22.7 Å². The van der Waals surface area contributed by atoms with Crippen molar-refractivity contribution in [2.45, 2.75) is 24.6 Å². The van der Waals surface area contributed by atoms with Gasteiger partial charge in [0.15, 0.2) is 0 Å². The van der Waals surface area contributed by atoms with Crippen LogP contribution in [-0.4, -0.2) is 17.1 Å². The van der Waals surface area contributed by atoms with Gasteiger partial charge in [-0.05, 0) is 25.2 Å². The number of primary amides is 1. The summed E-state index contributed by atoms with van der Waals surface area (Å²) in [4.78, 5) is 10.4. The van der Waals surface area contributed by atoms with E-state index in [0.717, 1.165) is 18.6 Å². The van der Waals surface area contributed by atoms with Gasteiger partial charge in [0.2, 0.25) is 0 Å². The summed E-state index contributed by atoms with van der Waals surface area (Å²) >= 11 is 6.16. The fourth-order valence-corrected chi connectivity index (χ4v) is 2.77. The van der Waals surface area contributed by atoms with E-state index in [1.165, 1.54) is 6.42 Å². The van der Waals surface area contributed by atoms with Crippen molar-refractivity contribution in [3.8, 4) is 0 Å². The van der Waals surface area contributed by atoms with Crippen molar-refractivity contribution in [3.63, 3.8) is 0 Å². The average molecular weight is 202 g/mol. The Morgan fingerprint density at radius 3 is 2.85 bits per heavy atom. The van der Waals surface area contributed by atoms with Gasteiger partial charge in [-0.1, -0.05) is 0 Å². The first kappa shape index (κ1) is 8.81. The van der Waals surface area contributed by atoms with E-state index in [9.17, 15) is 4.79 Å². The summed E-state index contributed by atoms with van der Waals surface area (Å²) in [5, 5.41) is 4.18. The number of hydrogen-bond donors (Lipinski definition) is 2. The summed E-state index contributed by atoms with van der Waals surface area (Å²) in [5.74, 6) is 0.915. The van der Waals surface area contributed by atoms with E-state index in [0.29, 0.717) is 11.8 Å². The Kier molecular flexibility index (Phi) is 2.15. The number of alkyl halides is 1. The molecule has 0 aromatic rings. The van der Waals surface area contributed by atoms with E-state index in [1.54, 1.807) is 0 Å². The first-order chi connectivity index (χ1) is 6.18. The summed E-state index contributed by atoms with van der Waals surface area (Å²) in [6.45, 7) is 0. The quantitative estimate of drug-likeness (QED) is 0.483. The fourth-order valence-electron chi connectivity index (χ4n) is 2.28. The maximum absolute atomic E-state index is 10.4. The Bertz CT molecular complexity index is 266. The molecule has 4 nitrogen and oxygen atoms in total. The smallest absolute Gasteiger partial charge is 0.332 e. The maximum Gasteiger partial charge on any atom is 0.332 e. The number of carbonyl (C=O) groups excluding carboxylic acids is 1. The molecule has 2 aliphatic rings. The van der Waals surface area contributed by atoms with Crippen LogP contribution in [0.1, 0.15) is 19.3 Å². The second-order valence-corrected chi connectivity index (χ2v) is 4.18. The van der Waals surface area contributed by atoms with Gasteiger partial charge in [0.25, 0.3) is 0 Å². The number of nitrogens with one attached hydrogen (secondary N) is 1. The third-order valence-corrected chi connectivity index (χ3v) is 3.55. The van der Waals surface area contributed by atoms with E-state index in [2.05, 4.69) is 10.5 Å². The predicted molar refractivity (Wildman–Crippen MR) is 50.6 cm³/mol. The highest BCUT2D eigenvalue weighted by molar-refractivity contribution is 6.24. The van der Waals surface area contributed by atoms with E-state index in [1.807, 2.05) is 0 Å². The van der Waals surface area contributed by atoms with Gasteiger partial charge in [0.05, 0.1) is 0 Å². The highest BCUT2D eigenvalue weighted by Crippen LogP contribution is 2.45. The second kappa shape index (κ2) is 3.18. The molecule has 3 N–H and O–H groups in total. The molecule has 0 heterocycles. The van der Waals surface area contributed by atoms with E-state index in [-0.39, 0.29) is 5.38 Å². The molecular weight excluding hydrogens is 190 g/mol. The average Bonchev–Trinajstić information content (AvgIpc) is 2.58. The fraction of sp³-hybridized carbons (Fsp3) is 0.750. The molecule has 0 radical (unpaired) electrons. The number of nitrogens with two attached hydrogens (primary N) is 1. The van der Waals surface area contributed by atoms with Crippen LogP contribution in [0.2, 0.25) is 0 Å². The van der Waals surface area contributed by atoms with Crippen LogP contribution >= 0.6 is 11.6 Å². The minimum absolute atomic E-state index is 0.216. The molecular formula is C8H12ClN3O. The first-order valence-corrected chi connectivity index (χ1v) is 4.88. The summed E-state index contributed by atoms with van der Waals surface area (Å²) < 4.78 is 0. The van der Waals surface area contributed by atoms with Crippen LogP contribution in [0, 0.1) is 11.8 Å². The molecule has 72 valence electrons. The van der Waals surface area contributed by atoms with E-state index >= 15 is 0 Å². The zero-order chi connectivity index (χ0) is 9.42. The molecule has 5 heteroatoms. The molecule has 0 aromatic carbocycles. The van der Waals surface area contributed by atoms with E-state index in [4.69, 9.17) is 17.3 Å². The number of fused-ring (bicyclic) bond motifs is 2. The first-order valence-electron chi connectivity index (χ1n) is 4.44. The van der Waals surface area contributed by atoms with Crippen LogP contribution in [0.4, 0.5) is 4.79 Å². The van der Waals surface area contributed by atoms with Crippen molar-refractivity contribution < 1.29 is 4.79 Å². The summed E-state index contributed by atoms with van der Waals surface area (Å²) in [6.07, 6.45) is 3.20. The number of rotatable bonds is 1. The highest BCUT2D eigenvalue weighted by atomic mass is 35.5. The minimum atomic E-state index is -0.610. The zero-order valence-corrected chi connectivity index (χ0v) is 7.92. The van der Waals surface area contributed by atoms with Crippen LogP contribution in [-0.2, 0) is 0 Å². The molecule has 0 saturated heterocycles. The minimum Gasteiger partial charge on any atom is -0.350 e. The van der Waals surface area contributed by atoms with Gasteiger partial charge < -0.3 is 5.73 Å². The molecule has 3 unspecified atom stereocenters. The van der Waals surface area contributed by atoms with Gasteiger partial charge >= 0.3 is 6.03 Å². The maximum atomic E-state index is 10.4. The van der Waals surface area contributed by atoms with Gasteiger partial charge in [0, 0.05) is 17.0 Å². The lowest BCUT2D eigenvalue weighted by atomic mass is 9.99. The number of halogens is 1. The van der Waals surface area contributed by atoms with Gasteiger partial charge in [-0.3, -0.25) is 0 Å². The van der Waals surface area contributed by atoms with Gasteiger partial charge in [-0.2, -0.15) is 5.10 Å². The molecule has 2 rings (SSSR count). The van der Waals surface area contributed by atoms with Crippen molar-refractivity contribution in [1.29, 1.82) is 0 Å². The normalized spacial score (nSPS) is 39.8. The summed E-state index contributed by atoms with van der Waals surface area (Å²) in [5.41, 5.74) is 8.18. The van der Waals surface area contributed by atoms with Crippen molar-refractivity contribution in [1.82, 2.24) is 5.43 Å². The van der Waals surface area contributed by atoms with E-state index < -0.39 is 6.03 Å². The molecule has 2 bridgehead atoms. The molecule has 0 aromatic heterocycles.